The van der Waals surface area contributed by atoms with E-state index in [0.29, 0.717) is 13.0 Å². The summed E-state index contributed by atoms with van der Waals surface area (Å²) in [5, 5.41) is 5.84. The molecule has 33 heavy (non-hydrogen) atoms. The van der Waals surface area contributed by atoms with Gasteiger partial charge < -0.3 is 20.3 Å². The van der Waals surface area contributed by atoms with Crippen molar-refractivity contribution in [1.29, 1.82) is 0 Å². The van der Waals surface area contributed by atoms with Gasteiger partial charge in [0.1, 0.15) is 12.3 Å². The monoisotopic (exact) mass is 488 g/mol. The summed E-state index contributed by atoms with van der Waals surface area (Å²) < 4.78 is 24.9. The number of likely N-dealkylation sites (N-methyl/N-ethyl adjacent to an activating group) is 2. The number of aldehydes is 1. The van der Waals surface area contributed by atoms with Crippen molar-refractivity contribution in [3.05, 3.63) is 0 Å². The molecule has 0 aromatic carbocycles. The summed E-state index contributed by atoms with van der Waals surface area (Å²) in [5.74, 6) is -0.130. The van der Waals surface area contributed by atoms with Crippen molar-refractivity contribution >= 4 is 28.2 Å². The van der Waals surface area contributed by atoms with E-state index >= 15 is 0 Å². The van der Waals surface area contributed by atoms with Gasteiger partial charge in [0.05, 0.1) is 6.26 Å². The summed E-state index contributed by atoms with van der Waals surface area (Å²) in [6.45, 7) is 6.57. The molecule has 1 aliphatic rings. The van der Waals surface area contributed by atoms with Gasteiger partial charge in [-0.3, -0.25) is 4.79 Å². The Kier molecular flexibility index (Phi) is 11.8. The molecule has 10 heteroatoms. The molecular formula is C23H44N4O5S. The van der Waals surface area contributed by atoms with E-state index in [1.165, 1.54) is 11.4 Å². The van der Waals surface area contributed by atoms with Gasteiger partial charge in [0.15, 0.2) is 0 Å². The number of rotatable bonds is 13. The Labute approximate surface area is 200 Å². The van der Waals surface area contributed by atoms with Gasteiger partial charge in [-0.2, -0.15) is 0 Å². The van der Waals surface area contributed by atoms with E-state index in [1.807, 2.05) is 13.8 Å². The van der Waals surface area contributed by atoms with Crippen molar-refractivity contribution in [3.8, 4) is 0 Å². The number of unbranched alkanes of at least 4 members (excludes halogenated alkanes) is 2. The van der Waals surface area contributed by atoms with Gasteiger partial charge in [0.25, 0.3) is 0 Å². The smallest absolute Gasteiger partial charge is 0.315 e. The molecule has 0 spiro atoms. The maximum atomic E-state index is 13.4. The average Bonchev–Trinajstić information content (AvgIpc) is 2.73. The molecule has 192 valence electrons. The first-order valence-corrected chi connectivity index (χ1v) is 13.8. The predicted molar refractivity (Wildman–Crippen MR) is 130 cm³/mol. The zero-order valence-corrected chi connectivity index (χ0v) is 22.0. The molecule has 1 rings (SSSR count). The number of nitrogens with zero attached hydrogens (tertiary/aromatic N) is 2. The Hall–Kier alpha value is -1.68. The fourth-order valence-corrected chi connectivity index (χ4v) is 4.70. The number of sulfonamides is 1. The normalized spacial score (nSPS) is 17.9. The number of amides is 3. The number of carbonyl (C=O) groups excluding carboxylic acids is 3. The highest BCUT2D eigenvalue weighted by Crippen LogP contribution is 2.39. The van der Waals surface area contributed by atoms with Crippen LogP contribution in [0.15, 0.2) is 0 Å². The summed E-state index contributed by atoms with van der Waals surface area (Å²) >= 11 is 0. The van der Waals surface area contributed by atoms with Crippen molar-refractivity contribution in [2.24, 2.45) is 11.3 Å². The highest BCUT2D eigenvalue weighted by atomic mass is 32.2. The molecular weight excluding hydrogens is 444 g/mol. The summed E-state index contributed by atoms with van der Waals surface area (Å²) in [4.78, 5) is 38.6. The lowest BCUT2D eigenvalue weighted by atomic mass is 9.70. The molecule has 0 heterocycles. The minimum absolute atomic E-state index is 0.000128. The second-order valence-electron chi connectivity index (χ2n) is 10.1. The number of urea groups is 1. The molecule has 3 amide bonds. The van der Waals surface area contributed by atoms with Gasteiger partial charge in [0.2, 0.25) is 15.9 Å². The van der Waals surface area contributed by atoms with Crippen molar-refractivity contribution in [2.75, 3.05) is 33.4 Å². The Bertz CT molecular complexity index is 750. The Morgan fingerprint density at radius 3 is 2.18 bits per heavy atom. The molecule has 0 saturated heterocycles. The van der Waals surface area contributed by atoms with E-state index in [-0.39, 0.29) is 23.8 Å². The van der Waals surface area contributed by atoms with Crippen LogP contribution in [-0.4, -0.2) is 81.4 Å². The summed E-state index contributed by atoms with van der Waals surface area (Å²) in [5.41, 5.74) is -0.347. The number of carbonyl (C=O) groups is 3. The molecule has 0 aliphatic heterocycles. The third-order valence-electron chi connectivity index (χ3n) is 6.80. The zero-order valence-electron chi connectivity index (χ0n) is 21.2. The summed E-state index contributed by atoms with van der Waals surface area (Å²) in [7, 11) is -0.154. The van der Waals surface area contributed by atoms with Crippen LogP contribution in [0.25, 0.3) is 0 Å². The van der Waals surface area contributed by atoms with Crippen molar-refractivity contribution in [2.45, 2.75) is 84.2 Å². The molecule has 2 N–H and O–H groups in total. The summed E-state index contributed by atoms with van der Waals surface area (Å²) in [6.07, 6.45) is 8.80. The largest absolute Gasteiger partial charge is 0.344 e. The second kappa shape index (κ2) is 13.3. The fraction of sp³-hybridized carbons (Fsp3) is 0.870. The fourth-order valence-electron chi connectivity index (χ4n) is 4.27. The lowest BCUT2D eigenvalue weighted by Crippen LogP contribution is -2.60. The van der Waals surface area contributed by atoms with Crippen molar-refractivity contribution < 1.29 is 22.8 Å². The molecule has 2 unspecified atom stereocenters. The highest BCUT2D eigenvalue weighted by molar-refractivity contribution is 7.88. The van der Waals surface area contributed by atoms with Crippen LogP contribution in [0, 0.1) is 11.3 Å². The van der Waals surface area contributed by atoms with E-state index in [1.54, 1.807) is 11.9 Å². The maximum Gasteiger partial charge on any atom is 0.315 e. The topological polar surface area (TPSA) is 116 Å². The number of hydrogen-bond acceptors (Lipinski definition) is 5. The summed E-state index contributed by atoms with van der Waals surface area (Å²) in [6, 6.07) is -1.54. The second-order valence-corrected chi connectivity index (χ2v) is 12.2. The third-order valence-corrected chi connectivity index (χ3v) is 8.08. The van der Waals surface area contributed by atoms with Crippen LogP contribution in [-0.2, 0) is 19.6 Å². The van der Waals surface area contributed by atoms with Crippen LogP contribution in [0.5, 0.6) is 0 Å². The molecule has 0 bridgehead atoms. The maximum absolute atomic E-state index is 13.4. The van der Waals surface area contributed by atoms with E-state index < -0.39 is 28.1 Å². The van der Waals surface area contributed by atoms with Gasteiger partial charge in [-0.05, 0) is 37.0 Å². The Balaban J connectivity index is 2.95. The van der Waals surface area contributed by atoms with Gasteiger partial charge in [0, 0.05) is 39.6 Å². The van der Waals surface area contributed by atoms with Gasteiger partial charge in [-0.25, -0.2) is 17.5 Å². The minimum Gasteiger partial charge on any atom is -0.344 e. The molecule has 1 aliphatic carbocycles. The first kappa shape index (κ1) is 29.4. The quantitative estimate of drug-likeness (QED) is 0.305. The minimum atomic E-state index is -3.38. The molecule has 2 atom stereocenters. The van der Waals surface area contributed by atoms with E-state index in [9.17, 15) is 22.8 Å². The Morgan fingerprint density at radius 2 is 1.67 bits per heavy atom. The zero-order chi connectivity index (χ0) is 25.2. The van der Waals surface area contributed by atoms with E-state index in [0.717, 1.165) is 57.5 Å². The van der Waals surface area contributed by atoms with Crippen LogP contribution < -0.4 is 10.6 Å². The van der Waals surface area contributed by atoms with Crippen molar-refractivity contribution in [3.63, 3.8) is 0 Å². The van der Waals surface area contributed by atoms with Crippen LogP contribution in [0.4, 0.5) is 4.79 Å². The molecule has 0 radical (unpaired) electrons. The molecule has 0 aromatic heterocycles. The molecule has 0 aromatic rings. The first-order valence-electron chi connectivity index (χ1n) is 12.0. The van der Waals surface area contributed by atoms with Crippen LogP contribution in [0.3, 0.4) is 0 Å². The van der Waals surface area contributed by atoms with Gasteiger partial charge in [-0.15, -0.1) is 0 Å². The lowest BCUT2D eigenvalue weighted by molar-refractivity contribution is -0.135. The van der Waals surface area contributed by atoms with Gasteiger partial charge in [-0.1, -0.05) is 40.0 Å². The van der Waals surface area contributed by atoms with E-state index in [2.05, 4.69) is 17.6 Å². The lowest BCUT2D eigenvalue weighted by Gasteiger charge is -2.41. The molecule has 9 nitrogen and oxygen atoms in total. The highest BCUT2D eigenvalue weighted by Gasteiger charge is 2.42. The van der Waals surface area contributed by atoms with Crippen LogP contribution >= 0.6 is 0 Å². The number of hydrogen-bond donors (Lipinski definition) is 2. The van der Waals surface area contributed by atoms with Crippen molar-refractivity contribution in [1.82, 2.24) is 19.8 Å². The first-order chi connectivity index (χ1) is 15.3. The Morgan fingerprint density at radius 1 is 1.06 bits per heavy atom. The SMILES string of the molecule is CC(C)C(CN(C)S(C)(=O)=O)NC(=O)NC(C(=O)N(C)CCCCC=O)C1(C)CCCCC1. The van der Waals surface area contributed by atoms with E-state index in [4.69, 9.17) is 0 Å². The molecule has 1 saturated carbocycles. The standard InChI is InChI=1S/C23H44N4O5S/c1-18(2)19(17-27(5)33(6,31)32)24-22(30)25-20(23(3)13-9-7-10-14-23)21(29)26(4)15-11-8-12-16-28/h16,18-20H,7-15,17H2,1-6H3,(H2,24,25,30). The predicted octanol–water partition coefficient (Wildman–Crippen LogP) is 2.37. The molecule has 1 fully saturated rings. The van der Waals surface area contributed by atoms with Crippen LogP contribution in [0.2, 0.25) is 0 Å². The average molecular weight is 489 g/mol. The number of nitrogens with one attached hydrogen (secondary N) is 2. The van der Waals surface area contributed by atoms with Crippen LogP contribution in [0.1, 0.15) is 72.1 Å². The third kappa shape index (κ3) is 9.60. The van der Waals surface area contributed by atoms with Gasteiger partial charge >= 0.3 is 6.03 Å².